The van der Waals surface area contributed by atoms with Crippen LogP contribution in [0.5, 0.6) is 0 Å². The summed E-state index contributed by atoms with van der Waals surface area (Å²) in [5.74, 6) is 1.70. The summed E-state index contributed by atoms with van der Waals surface area (Å²) in [6.45, 7) is 15.4. The molecule has 0 heterocycles. The monoisotopic (exact) mass is 484 g/mol. The molecule has 0 fully saturated rings. The van der Waals surface area contributed by atoms with Gasteiger partial charge < -0.3 is 12.3 Å². The number of unbranched alkanes of at least 4 members (excludes halogenated alkanes) is 8. The van der Waals surface area contributed by atoms with Crippen LogP contribution < -0.4 is 0 Å². The summed E-state index contributed by atoms with van der Waals surface area (Å²) in [5.41, 5.74) is 0. The Morgan fingerprint density at radius 3 is 1.36 bits per heavy atom. The first-order valence-electron chi connectivity index (χ1n) is 11.6. The Kier molecular flexibility index (Phi) is 18.1. The second-order valence-electron chi connectivity index (χ2n) is 8.55. The SMILES string of the molecule is CCS(=O)CCCCCCCCCCC[Si](O[SiH](C)C)(O[SiH](C)C)O[SiH](C)C. The van der Waals surface area contributed by atoms with Crippen LogP contribution in [0, 0.1) is 0 Å². The summed E-state index contributed by atoms with van der Waals surface area (Å²) < 4.78 is 30.7. The van der Waals surface area contributed by atoms with Gasteiger partial charge in [-0.15, -0.1) is 0 Å². The molecular weight excluding hydrogens is 437 g/mol. The largest absolute Gasteiger partial charge is 0.468 e. The van der Waals surface area contributed by atoms with Crippen LogP contribution >= 0.6 is 0 Å². The summed E-state index contributed by atoms with van der Waals surface area (Å²) in [7, 11) is -6.51. The highest BCUT2D eigenvalue weighted by Crippen LogP contribution is 2.23. The second kappa shape index (κ2) is 17.6. The van der Waals surface area contributed by atoms with Crippen molar-refractivity contribution in [1.82, 2.24) is 0 Å². The molecule has 0 aliphatic rings. The van der Waals surface area contributed by atoms with Crippen molar-refractivity contribution in [3.8, 4) is 0 Å². The average molecular weight is 485 g/mol. The van der Waals surface area contributed by atoms with E-state index >= 15 is 0 Å². The number of hydrogen-bond donors (Lipinski definition) is 0. The minimum Gasteiger partial charge on any atom is -0.420 e. The molecule has 4 nitrogen and oxygen atoms in total. The fourth-order valence-corrected chi connectivity index (χ4v) is 17.0. The third-order valence-corrected chi connectivity index (χ3v) is 16.7. The second-order valence-corrected chi connectivity index (χ2v) is 21.4. The van der Waals surface area contributed by atoms with E-state index in [4.69, 9.17) is 12.3 Å². The smallest absolute Gasteiger partial charge is 0.420 e. The maximum Gasteiger partial charge on any atom is 0.468 e. The topological polar surface area (TPSA) is 44.8 Å². The van der Waals surface area contributed by atoms with Crippen LogP contribution in [0.25, 0.3) is 0 Å². The molecule has 0 aromatic heterocycles. The fraction of sp³-hybridized carbons (Fsp3) is 1.00. The first-order chi connectivity index (χ1) is 13.2. The van der Waals surface area contributed by atoms with Crippen LogP contribution in [0.4, 0.5) is 0 Å². The van der Waals surface area contributed by atoms with E-state index in [2.05, 4.69) is 39.3 Å². The fourth-order valence-electron chi connectivity index (χ4n) is 3.32. The molecule has 0 radical (unpaired) electrons. The average Bonchev–Trinajstić information content (AvgIpc) is 2.57. The number of rotatable bonds is 19. The molecule has 0 N–H and O–H groups in total. The van der Waals surface area contributed by atoms with Gasteiger partial charge in [0.15, 0.2) is 27.1 Å². The minimum absolute atomic E-state index is 0.579. The predicted octanol–water partition coefficient (Wildman–Crippen LogP) is 5.20. The molecule has 0 aromatic rings. The third kappa shape index (κ3) is 16.7. The molecule has 0 aromatic carbocycles. The minimum atomic E-state index is -2.43. The van der Waals surface area contributed by atoms with Crippen molar-refractivity contribution in [1.29, 1.82) is 0 Å². The molecule has 0 aliphatic heterocycles. The summed E-state index contributed by atoms with van der Waals surface area (Å²) in [4.78, 5) is 0. The summed E-state index contributed by atoms with van der Waals surface area (Å²) in [6, 6.07) is 1.02. The van der Waals surface area contributed by atoms with Gasteiger partial charge in [-0.3, -0.25) is 4.21 Å². The van der Waals surface area contributed by atoms with Gasteiger partial charge in [0.1, 0.15) is 0 Å². The lowest BCUT2D eigenvalue weighted by Gasteiger charge is -2.35. The molecule has 1 unspecified atom stereocenters. The van der Waals surface area contributed by atoms with Crippen LogP contribution in [0.15, 0.2) is 0 Å². The molecular formula is C19H48O4SSi4. The normalized spacial score (nSPS) is 13.8. The van der Waals surface area contributed by atoms with Gasteiger partial charge in [0.2, 0.25) is 0 Å². The Hall–Kier alpha value is 0.898. The highest BCUT2D eigenvalue weighted by Gasteiger charge is 2.42. The Morgan fingerprint density at radius 2 is 1.00 bits per heavy atom. The van der Waals surface area contributed by atoms with E-state index in [-0.39, 0.29) is 0 Å². The molecule has 0 amide bonds. The van der Waals surface area contributed by atoms with Crippen LogP contribution in [0.3, 0.4) is 0 Å². The summed E-state index contributed by atoms with van der Waals surface area (Å²) in [6.07, 6.45) is 11.4. The first-order valence-corrected chi connectivity index (χ1v) is 23.4. The summed E-state index contributed by atoms with van der Waals surface area (Å²) >= 11 is 0. The molecule has 1 atom stereocenters. The van der Waals surface area contributed by atoms with Gasteiger partial charge in [0.25, 0.3) is 0 Å². The van der Waals surface area contributed by atoms with Crippen molar-refractivity contribution in [2.45, 2.75) is 110 Å². The van der Waals surface area contributed by atoms with E-state index in [1.807, 2.05) is 6.92 Å². The lowest BCUT2D eigenvalue weighted by atomic mass is 10.1. The molecule has 0 saturated carbocycles. The van der Waals surface area contributed by atoms with Crippen LogP contribution in [-0.2, 0) is 23.1 Å². The molecule has 0 aliphatic carbocycles. The van der Waals surface area contributed by atoms with E-state index in [1.54, 1.807) is 0 Å². The maximum absolute atomic E-state index is 11.4. The molecule has 28 heavy (non-hydrogen) atoms. The maximum atomic E-state index is 11.4. The van der Waals surface area contributed by atoms with Gasteiger partial charge in [0, 0.05) is 28.3 Å². The molecule has 0 bridgehead atoms. The Labute approximate surface area is 184 Å². The molecule has 0 spiro atoms. The zero-order valence-electron chi connectivity index (χ0n) is 19.8. The molecule has 0 saturated heterocycles. The van der Waals surface area contributed by atoms with Crippen LogP contribution in [0.1, 0.15) is 64.7 Å². The van der Waals surface area contributed by atoms with E-state index in [9.17, 15) is 4.21 Å². The molecule has 0 rings (SSSR count). The number of hydrogen-bond acceptors (Lipinski definition) is 4. The van der Waals surface area contributed by atoms with E-state index in [1.165, 1.54) is 51.4 Å². The van der Waals surface area contributed by atoms with Crippen LogP contribution in [0.2, 0.25) is 45.3 Å². The van der Waals surface area contributed by atoms with Crippen molar-refractivity contribution in [2.24, 2.45) is 0 Å². The van der Waals surface area contributed by atoms with Crippen molar-refractivity contribution >= 4 is 46.7 Å². The van der Waals surface area contributed by atoms with Gasteiger partial charge in [-0.25, -0.2) is 0 Å². The van der Waals surface area contributed by atoms with Crippen LogP contribution in [-0.4, -0.2) is 51.6 Å². The predicted molar refractivity (Wildman–Crippen MR) is 136 cm³/mol. The van der Waals surface area contributed by atoms with Gasteiger partial charge in [-0.05, 0) is 52.1 Å². The lowest BCUT2D eigenvalue weighted by molar-refractivity contribution is 0.266. The van der Waals surface area contributed by atoms with Gasteiger partial charge >= 0.3 is 8.80 Å². The standard InChI is InChI=1S/C19H48O4SSi4/c1-8-24(20)18-16-14-12-10-9-11-13-15-17-19-28(21-25(2)3,22-26(4)5)23-27(6)7/h25-27H,8-19H2,1-7H3. The first kappa shape index (κ1) is 28.9. The molecule has 9 heteroatoms. The quantitative estimate of drug-likeness (QED) is 0.187. The van der Waals surface area contributed by atoms with Crippen molar-refractivity contribution < 1.29 is 16.6 Å². The zero-order chi connectivity index (χ0) is 21.4. The van der Waals surface area contributed by atoms with E-state index in [0.29, 0.717) is 0 Å². The van der Waals surface area contributed by atoms with Gasteiger partial charge in [-0.2, -0.15) is 0 Å². The highest BCUT2D eigenvalue weighted by molar-refractivity contribution is 7.84. The van der Waals surface area contributed by atoms with Crippen molar-refractivity contribution in [2.75, 3.05) is 11.5 Å². The lowest BCUT2D eigenvalue weighted by Crippen LogP contribution is -2.53. The van der Waals surface area contributed by atoms with Crippen molar-refractivity contribution in [3.63, 3.8) is 0 Å². The van der Waals surface area contributed by atoms with E-state index < -0.39 is 46.7 Å². The Balaban J connectivity index is 4.02. The van der Waals surface area contributed by atoms with Crippen molar-refractivity contribution in [3.05, 3.63) is 0 Å². The Morgan fingerprint density at radius 1 is 0.643 bits per heavy atom. The third-order valence-electron chi connectivity index (χ3n) is 4.42. The highest BCUT2D eigenvalue weighted by atomic mass is 32.2. The molecule has 170 valence electrons. The van der Waals surface area contributed by atoms with Gasteiger partial charge in [-0.1, -0.05) is 51.9 Å². The van der Waals surface area contributed by atoms with Gasteiger partial charge in [0.05, 0.1) is 0 Å². The summed E-state index contributed by atoms with van der Waals surface area (Å²) in [5, 5.41) is 0. The zero-order valence-corrected chi connectivity index (χ0v) is 25.0. The Bertz CT molecular complexity index is 372. The van der Waals surface area contributed by atoms with E-state index in [0.717, 1.165) is 24.0 Å².